The summed E-state index contributed by atoms with van der Waals surface area (Å²) in [5, 5.41) is 0.114. The van der Waals surface area contributed by atoms with Gasteiger partial charge in [0.2, 0.25) is 0 Å². The quantitative estimate of drug-likeness (QED) is 0.795. The smallest absolute Gasteiger partial charge is 0.307 e. The standard InChI is InChI=1S/C10H16ClN3O2/c1-6(5-13(3)4)14-9(15)7(2)8(11)12-10(14)16/h6H,5H2,1-4H3,(H,12,16). The van der Waals surface area contributed by atoms with Crippen molar-refractivity contribution in [1.82, 2.24) is 14.5 Å². The third kappa shape index (κ3) is 2.54. The molecule has 5 nitrogen and oxygen atoms in total. The fraction of sp³-hybridized carbons (Fsp3) is 0.600. The van der Waals surface area contributed by atoms with Gasteiger partial charge in [-0.2, -0.15) is 0 Å². The van der Waals surface area contributed by atoms with Gasteiger partial charge in [0.15, 0.2) is 0 Å². The van der Waals surface area contributed by atoms with Gasteiger partial charge >= 0.3 is 5.69 Å². The van der Waals surface area contributed by atoms with E-state index in [2.05, 4.69) is 4.98 Å². The molecule has 1 N–H and O–H groups in total. The molecule has 0 radical (unpaired) electrons. The number of hydrogen-bond donors (Lipinski definition) is 1. The van der Waals surface area contributed by atoms with Crippen molar-refractivity contribution in [3.05, 3.63) is 31.6 Å². The van der Waals surface area contributed by atoms with Gasteiger partial charge in [-0.25, -0.2) is 4.79 Å². The number of rotatable bonds is 3. The second kappa shape index (κ2) is 4.84. The van der Waals surface area contributed by atoms with E-state index in [9.17, 15) is 9.59 Å². The molecule has 1 aromatic rings. The molecular formula is C10H16ClN3O2. The Morgan fingerprint density at radius 1 is 1.44 bits per heavy atom. The van der Waals surface area contributed by atoms with Crippen LogP contribution in [-0.2, 0) is 0 Å². The summed E-state index contributed by atoms with van der Waals surface area (Å²) < 4.78 is 1.20. The van der Waals surface area contributed by atoms with E-state index < -0.39 is 5.69 Å². The zero-order valence-electron chi connectivity index (χ0n) is 9.87. The van der Waals surface area contributed by atoms with E-state index >= 15 is 0 Å². The number of nitrogens with one attached hydrogen (secondary N) is 1. The molecule has 0 saturated heterocycles. The molecule has 1 unspecified atom stereocenters. The number of H-pyrrole nitrogens is 1. The molecule has 0 bridgehead atoms. The Labute approximate surface area is 98.7 Å². The Morgan fingerprint density at radius 3 is 2.50 bits per heavy atom. The molecule has 0 saturated carbocycles. The average molecular weight is 246 g/mol. The van der Waals surface area contributed by atoms with E-state index in [-0.39, 0.29) is 16.8 Å². The predicted molar refractivity (Wildman–Crippen MR) is 64.3 cm³/mol. The normalized spacial score (nSPS) is 13.1. The molecule has 1 heterocycles. The second-order valence-corrected chi connectivity index (χ2v) is 4.53. The number of hydrogen-bond acceptors (Lipinski definition) is 3. The highest BCUT2D eigenvalue weighted by atomic mass is 35.5. The maximum Gasteiger partial charge on any atom is 0.329 e. The Hall–Kier alpha value is -1.07. The minimum absolute atomic E-state index is 0.114. The second-order valence-electron chi connectivity index (χ2n) is 4.16. The fourth-order valence-electron chi connectivity index (χ4n) is 1.63. The van der Waals surface area contributed by atoms with Crippen LogP contribution < -0.4 is 11.2 Å². The maximum atomic E-state index is 11.9. The van der Waals surface area contributed by atoms with Crippen LogP contribution in [0, 0.1) is 6.92 Å². The lowest BCUT2D eigenvalue weighted by Gasteiger charge is -2.18. The molecular weight excluding hydrogens is 230 g/mol. The van der Waals surface area contributed by atoms with Crippen LogP contribution in [0.5, 0.6) is 0 Å². The van der Waals surface area contributed by atoms with Crippen LogP contribution in [0.3, 0.4) is 0 Å². The van der Waals surface area contributed by atoms with Crippen LogP contribution in [0.4, 0.5) is 0 Å². The highest BCUT2D eigenvalue weighted by Crippen LogP contribution is 2.06. The predicted octanol–water partition coefficient (Wildman–Crippen LogP) is 0.621. The van der Waals surface area contributed by atoms with Crippen molar-refractivity contribution in [1.29, 1.82) is 0 Å². The van der Waals surface area contributed by atoms with E-state index in [1.165, 1.54) is 4.57 Å². The number of halogens is 1. The summed E-state index contributed by atoms with van der Waals surface area (Å²) in [7, 11) is 3.77. The van der Waals surface area contributed by atoms with Crippen molar-refractivity contribution >= 4 is 11.6 Å². The van der Waals surface area contributed by atoms with E-state index in [4.69, 9.17) is 11.6 Å². The molecule has 1 aromatic heterocycles. The summed E-state index contributed by atoms with van der Waals surface area (Å²) in [6, 6.07) is -0.192. The van der Waals surface area contributed by atoms with Crippen molar-refractivity contribution < 1.29 is 0 Å². The summed E-state index contributed by atoms with van der Waals surface area (Å²) >= 11 is 5.72. The van der Waals surface area contributed by atoms with E-state index in [0.29, 0.717) is 12.1 Å². The molecule has 0 spiro atoms. The first-order valence-corrected chi connectivity index (χ1v) is 5.38. The van der Waals surface area contributed by atoms with Crippen LogP contribution in [0.2, 0.25) is 5.15 Å². The SMILES string of the molecule is Cc1c(Cl)[nH]c(=O)n(C(C)CN(C)C)c1=O. The Kier molecular flexibility index (Phi) is 3.93. The molecule has 16 heavy (non-hydrogen) atoms. The van der Waals surface area contributed by atoms with Gasteiger partial charge in [0.05, 0.1) is 6.04 Å². The highest BCUT2D eigenvalue weighted by molar-refractivity contribution is 6.30. The molecule has 1 rings (SSSR count). The van der Waals surface area contributed by atoms with Crippen molar-refractivity contribution in [2.75, 3.05) is 20.6 Å². The summed E-state index contributed by atoms with van der Waals surface area (Å²) in [5.41, 5.74) is -0.426. The van der Waals surface area contributed by atoms with Crippen molar-refractivity contribution in [3.8, 4) is 0 Å². The zero-order valence-corrected chi connectivity index (χ0v) is 10.6. The minimum atomic E-state index is -0.463. The van der Waals surface area contributed by atoms with Crippen molar-refractivity contribution in [2.24, 2.45) is 0 Å². The third-order valence-electron chi connectivity index (χ3n) is 2.37. The molecule has 0 aliphatic rings. The first-order chi connectivity index (χ1) is 7.34. The van der Waals surface area contributed by atoms with Gasteiger partial charge in [-0.3, -0.25) is 14.3 Å². The van der Waals surface area contributed by atoms with Crippen LogP contribution in [0.25, 0.3) is 0 Å². The van der Waals surface area contributed by atoms with E-state index in [1.807, 2.05) is 25.9 Å². The summed E-state index contributed by atoms with van der Waals surface area (Å²) in [6.07, 6.45) is 0. The van der Waals surface area contributed by atoms with E-state index in [0.717, 1.165) is 0 Å². The van der Waals surface area contributed by atoms with Crippen molar-refractivity contribution in [3.63, 3.8) is 0 Å². The largest absolute Gasteiger partial charge is 0.329 e. The van der Waals surface area contributed by atoms with Gasteiger partial charge in [-0.1, -0.05) is 11.6 Å². The van der Waals surface area contributed by atoms with Crippen LogP contribution in [0.1, 0.15) is 18.5 Å². The van der Waals surface area contributed by atoms with Gasteiger partial charge in [0.25, 0.3) is 5.56 Å². The monoisotopic (exact) mass is 245 g/mol. The minimum Gasteiger partial charge on any atom is -0.307 e. The zero-order chi connectivity index (χ0) is 12.5. The number of likely N-dealkylation sites (N-methyl/N-ethyl adjacent to an activating group) is 1. The maximum absolute atomic E-state index is 11.9. The first-order valence-electron chi connectivity index (χ1n) is 5.00. The topological polar surface area (TPSA) is 58.1 Å². The number of aromatic amines is 1. The van der Waals surface area contributed by atoms with Crippen LogP contribution >= 0.6 is 11.6 Å². The molecule has 0 aliphatic carbocycles. The summed E-state index contributed by atoms with van der Waals surface area (Å²) in [5.74, 6) is 0. The summed E-state index contributed by atoms with van der Waals surface area (Å²) in [6.45, 7) is 4.04. The molecule has 1 atom stereocenters. The van der Waals surface area contributed by atoms with Gasteiger partial charge in [0, 0.05) is 12.1 Å². The van der Waals surface area contributed by atoms with Gasteiger partial charge in [-0.15, -0.1) is 0 Å². The lowest BCUT2D eigenvalue weighted by Crippen LogP contribution is -2.41. The van der Waals surface area contributed by atoms with Gasteiger partial charge in [0.1, 0.15) is 5.15 Å². The van der Waals surface area contributed by atoms with Gasteiger partial charge in [-0.05, 0) is 27.9 Å². The Balaban J connectivity index is 3.30. The van der Waals surface area contributed by atoms with Crippen LogP contribution in [-0.4, -0.2) is 35.1 Å². The van der Waals surface area contributed by atoms with Gasteiger partial charge < -0.3 is 4.90 Å². The summed E-state index contributed by atoms with van der Waals surface area (Å²) in [4.78, 5) is 27.9. The molecule has 0 fully saturated rings. The first kappa shape index (κ1) is 13.0. The fourth-order valence-corrected chi connectivity index (χ4v) is 1.79. The highest BCUT2D eigenvalue weighted by Gasteiger charge is 2.14. The number of aromatic nitrogens is 2. The van der Waals surface area contributed by atoms with E-state index in [1.54, 1.807) is 6.92 Å². The van der Waals surface area contributed by atoms with Crippen LogP contribution in [0.15, 0.2) is 9.59 Å². The lowest BCUT2D eigenvalue weighted by molar-refractivity contribution is 0.326. The van der Waals surface area contributed by atoms with Crippen molar-refractivity contribution in [2.45, 2.75) is 19.9 Å². The Bertz CT molecular complexity index is 490. The third-order valence-corrected chi connectivity index (χ3v) is 2.75. The molecule has 90 valence electrons. The lowest BCUT2D eigenvalue weighted by atomic mass is 10.3. The molecule has 0 aromatic carbocycles. The average Bonchev–Trinajstić information content (AvgIpc) is 2.13. The Morgan fingerprint density at radius 2 is 2.00 bits per heavy atom. The molecule has 0 aliphatic heterocycles. The number of nitrogens with zero attached hydrogens (tertiary/aromatic N) is 2. The molecule has 6 heteroatoms. The molecule has 0 amide bonds.